The van der Waals surface area contributed by atoms with E-state index in [-0.39, 0.29) is 12.3 Å². The van der Waals surface area contributed by atoms with Crippen molar-refractivity contribution in [2.24, 2.45) is 16.5 Å². The van der Waals surface area contributed by atoms with Crippen molar-refractivity contribution in [2.45, 2.75) is 12.8 Å². The topological polar surface area (TPSA) is 84.7 Å². The van der Waals surface area contributed by atoms with Crippen molar-refractivity contribution in [1.29, 1.82) is 0 Å². The van der Waals surface area contributed by atoms with Gasteiger partial charge in [0.25, 0.3) is 0 Å². The standard InChI is InChI=1S/C18H22N4O/c1-22(12-11-14-5-3-2-4-6-14)18(20)21-16-9-7-15(8-10-16)13-17(19)23/h2-10H,11-13H2,1H3,(H2,19,23)(H2,20,21). The van der Waals surface area contributed by atoms with Crippen LogP contribution in [0.4, 0.5) is 5.69 Å². The highest BCUT2D eigenvalue weighted by atomic mass is 16.1. The van der Waals surface area contributed by atoms with Crippen LogP contribution in [-0.2, 0) is 17.6 Å². The van der Waals surface area contributed by atoms with Gasteiger partial charge in [0.2, 0.25) is 5.91 Å². The average molecular weight is 310 g/mol. The van der Waals surface area contributed by atoms with Crippen molar-refractivity contribution in [3.8, 4) is 0 Å². The van der Waals surface area contributed by atoms with Crippen LogP contribution in [0.2, 0.25) is 0 Å². The maximum Gasteiger partial charge on any atom is 0.221 e. The van der Waals surface area contributed by atoms with Gasteiger partial charge in [-0.05, 0) is 29.7 Å². The van der Waals surface area contributed by atoms with Crippen LogP contribution in [0, 0.1) is 0 Å². The molecule has 5 nitrogen and oxygen atoms in total. The van der Waals surface area contributed by atoms with Crippen LogP contribution in [0.15, 0.2) is 59.6 Å². The minimum absolute atomic E-state index is 0.233. The van der Waals surface area contributed by atoms with Gasteiger partial charge in [0, 0.05) is 13.6 Å². The van der Waals surface area contributed by atoms with Crippen LogP contribution in [0.25, 0.3) is 0 Å². The Morgan fingerprint density at radius 3 is 2.26 bits per heavy atom. The molecule has 23 heavy (non-hydrogen) atoms. The summed E-state index contributed by atoms with van der Waals surface area (Å²) in [6.07, 6.45) is 1.14. The second kappa shape index (κ2) is 7.98. The molecule has 1 amide bonds. The van der Waals surface area contributed by atoms with Gasteiger partial charge in [-0.2, -0.15) is 0 Å². The second-order valence-corrected chi connectivity index (χ2v) is 5.44. The molecule has 0 fully saturated rings. The Morgan fingerprint density at radius 1 is 1.00 bits per heavy atom. The molecule has 5 heteroatoms. The fourth-order valence-corrected chi connectivity index (χ4v) is 2.16. The summed E-state index contributed by atoms with van der Waals surface area (Å²) < 4.78 is 0. The van der Waals surface area contributed by atoms with E-state index in [0.717, 1.165) is 24.2 Å². The van der Waals surface area contributed by atoms with Crippen LogP contribution in [-0.4, -0.2) is 30.4 Å². The first-order chi connectivity index (χ1) is 11.0. The molecular formula is C18H22N4O. The Balaban J connectivity index is 1.94. The third-order valence-electron chi connectivity index (χ3n) is 3.53. The van der Waals surface area contributed by atoms with E-state index in [0.29, 0.717) is 5.96 Å². The van der Waals surface area contributed by atoms with E-state index >= 15 is 0 Å². The number of amides is 1. The Kier molecular flexibility index (Phi) is 5.74. The van der Waals surface area contributed by atoms with Gasteiger partial charge < -0.3 is 16.4 Å². The van der Waals surface area contributed by atoms with E-state index < -0.39 is 0 Å². The fourth-order valence-electron chi connectivity index (χ4n) is 2.16. The van der Waals surface area contributed by atoms with Crippen molar-refractivity contribution in [1.82, 2.24) is 4.90 Å². The maximum atomic E-state index is 10.9. The van der Waals surface area contributed by atoms with E-state index in [9.17, 15) is 4.79 Å². The number of carbonyl (C=O) groups excluding carboxylic acids is 1. The molecule has 2 aromatic carbocycles. The molecule has 4 N–H and O–H groups in total. The summed E-state index contributed by atoms with van der Waals surface area (Å²) in [6, 6.07) is 17.6. The highest BCUT2D eigenvalue weighted by Crippen LogP contribution is 2.13. The molecular weight excluding hydrogens is 288 g/mol. The van der Waals surface area contributed by atoms with Crippen LogP contribution < -0.4 is 11.5 Å². The Hall–Kier alpha value is -2.82. The summed E-state index contributed by atoms with van der Waals surface area (Å²) in [5.41, 5.74) is 14.1. The lowest BCUT2D eigenvalue weighted by atomic mass is 10.1. The van der Waals surface area contributed by atoms with Gasteiger partial charge in [-0.15, -0.1) is 0 Å². The normalized spacial score (nSPS) is 11.3. The number of guanidine groups is 1. The smallest absolute Gasteiger partial charge is 0.221 e. The van der Waals surface area contributed by atoms with Crippen molar-refractivity contribution in [3.05, 3.63) is 65.7 Å². The number of hydrogen-bond donors (Lipinski definition) is 2. The molecule has 0 radical (unpaired) electrons. The van der Waals surface area contributed by atoms with Crippen molar-refractivity contribution in [2.75, 3.05) is 13.6 Å². The lowest BCUT2D eigenvalue weighted by Gasteiger charge is -2.18. The summed E-state index contributed by atoms with van der Waals surface area (Å²) in [5, 5.41) is 0. The van der Waals surface area contributed by atoms with Gasteiger partial charge in [0.1, 0.15) is 0 Å². The Morgan fingerprint density at radius 2 is 1.65 bits per heavy atom. The Labute approximate surface area is 136 Å². The van der Waals surface area contributed by atoms with Gasteiger partial charge in [-0.25, -0.2) is 4.99 Å². The van der Waals surface area contributed by atoms with Crippen LogP contribution in [0.5, 0.6) is 0 Å². The van der Waals surface area contributed by atoms with E-state index in [1.165, 1.54) is 5.56 Å². The molecule has 0 bridgehead atoms. The summed E-state index contributed by atoms with van der Waals surface area (Å²) in [6.45, 7) is 0.791. The van der Waals surface area contributed by atoms with Gasteiger partial charge >= 0.3 is 0 Å². The number of nitrogens with zero attached hydrogens (tertiary/aromatic N) is 2. The van der Waals surface area contributed by atoms with Crippen molar-refractivity contribution >= 4 is 17.6 Å². The molecule has 0 atom stereocenters. The zero-order valence-corrected chi connectivity index (χ0v) is 13.3. The first kappa shape index (κ1) is 16.5. The van der Waals surface area contributed by atoms with Crippen molar-refractivity contribution < 1.29 is 4.79 Å². The monoisotopic (exact) mass is 310 g/mol. The summed E-state index contributed by atoms with van der Waals surface area (Å²) in [5.74, 6) is 0.116. The number of rotatable bonds is 6. The molecule has 0 unspecified atom stereocenters. The maximum absolute atomic E-state index is 10.9. The third-order valence-corrected chi connectivity index (χ3v) is 3.53. The number of primary amides is 1. The number of benzene rings is 2. The zero-order valence-electron chi connectivity index (χ0n) is 13.3. The Bertz CT molecular complexity index is 665. The van der Waals surface area contributed by atoms with E-state index in [4.69, 9.17) is 11.5 Å². The predicted octanol–water partition coefficient (Wildman–Crippen LogP) is 1.84. The van der Waals surface area contributed by atoms with Gasteiger partial charge in [0.05, 0.1) is 12.1 Å². The van der Waals surface area contributed by atoms with Crippen LogP contribution in [0.1, 0.15) is 11.1 Å². The number of likely N-dealkylation sites (N-methyl/N-ethyl adjacent to an activating group) is 1. The molecule has 120 valence electrons. The minimum Gasteiger partial charge on any atom is -0.369 e. The molecule has 2 aromatic rings. The molecule has 0 aliphatic carbocycles. The van der Waals surface area contributed by atoms with Crippen LogP contribution >= 0.6 is 0 Å². The summed E-state index contributed by atoms with van der Waals surface area (Å²) in [7, 11) is 1.92. The highest BCUT2D eigenvalue weighted by molar-refractivity contribution is 5.81. The number of nitrogens with two attached hydrogens (primary N) is 2. The number of aliphatic imine (C=N–C) groups is 1. The highest BCUT2D eigenvalue weighted by Gasteiger charge is 2.03. The minimum atomic E-state index is -0.346. The second-order valence-electron chi connectivity index (χ2n) is 5.44. The van der Waals surface area contributed by atoms with Gasteiger partial charge in [0.15, 0.2) is 5.96 Å². The zero-order chi connectivity index (χ0) is 16.7. The molecule has 0 saturated heterocycles. The van der Waals surface area contributed by atoms with Crippen LogP contribution in [0.3, 0.4) is 0 Å². The number of hydrogen-bond acceptors (Lipinski definition) is 2. The lowest BCUT2D eigenvalue weighted by Crippen LogP contribution is -2.35. The molecule has 2 rings (SSSR count). The molecule has 0 aliphatic heterocycles. The first-order valence-electron chi connectivity index (χ1n) is 7.51. The molecule has 0 heterocycles. The molecule has 0 aliphatic rings. The third kappa shape index (κ3) is 5.47. The molecule has 0 saturated carbocycles. The van der Waals surface area contributed by atoms with Gasteiger partial charge in [-0.3, -0.25) is 4.79 Å². The largest absolute Gasteiger partial charge is 0.369 e. The van der Waals surface area contributed by atoms with E-state index in [1.54, 1.807) is 0 Å². The average Bonchev–Trinajstić information content (AvgIpc) is 2.55. The predicted molar refractivity (Wildman–Crippen MR) is 93.4 cm³/mol. The SMILES string of the molecule is CN(CCc1ccccc1)C(N)=Nc1ccc(CC(N)=O)cc1. The summed E-state index contributed by atoms with van der Waals surface area (Å²) >= 11 is 0. The fraction of sp³-hybridized carbons (Fsp3) is 0.222. The lowest BCUT2D eigenvalue weighted by molar-refractivity contribution is -0.117. The first-order valence-corrected chi connectivity index (χ1v) is 7.51. The van der Waals surface area contributed by atoms with E-state index in [1.807, 2.05) is 54.4 Å². The molecule has 0 spiro atoms. The van der Waals surface area contributed by atoms with Gasteiger partial charge in [-0.1, -0.05) is 42.5 Å². The summed E-state index contributed by atoms with van der Waals surface area (Å²) in [4.78, 5) is 17.2. The number of carbonyl (C=O) groups is 1. The molecule has 0 aromatic heterocycles. The van der Waals surface area contributed by atoms with Crippen molar-refractivity contribution in [3.63, 3.8) is 0 Å². The van der Waals surface area contributed by atoms with E-state index in [2.05, 4.69) is 17.1 Å². The quantitative estimate of drug-likeness (QED) is 0.630.